The molecule has 1 N–H and O–H groups in total. The maximum Gasteiger partial charge on any atom is 0.295 e. The molecule has 132 valence electrons. The molecule has 9 heteroatoms. The van der Waals surface area contributed by atoms with Gasteiger partial charge in [-0.25, -0.2) is 14.4 Å². The predicted octanol–water partition coefficient (Wildman–Crippen LogP) is 3.72. The van der Waals surface area contributed by atoms with Crippen molar-refractivity contribution in [2.24, 2.45) is 0 Å². The Morgan fingerprint density at radius 3 is 2.81 bits per heavy atom. The lowest BCUT2D eigenvalue weighted by Crippen LogP contribution is -2.15. The Morgan fingerprint density at radius 2 is 2.04 bits per heavy atom. The molecule has 1 heterocycles. The Labute approximate surface area is 151 Å². The maximum absolute atomic E-state index is 13.2. The van der Waals surface area contributed by atoms with E-state index < -0.39 is 22.3 Å². The summed E-state index contributed by atoms with van der Waals surface area (Å²) in [4.78, 5) is 31.1. The molecule has 0 aliphatic rings. The smallest absolute Gasteiger partial charge is 0.295 e. The van der Waals surface area contributed by atoms with E-state index in [2.05, 4.69) is 15.3 Å². The van der Waals surface area contributed by atoms with Crippen LogP contribution in [0.5, 0.6) is 0 Å². The van der Waals surface area contributed by atoms with Crippen molar-refractivity contribution >= 4 is 39.9 Å². The van der Waals surface area contributed by atoms with E-state index in [1.54, 1.807) is 6.92 Å². The highest BCUT2D eigenvalue weighted by Crippen LogP contribution is 2.27. The average Bonchev–Trinajstić information content (AvgIpc) is 2.61. The fourth-order valence-corrected chi connectivity index (χ4v) is 3.22. The van der Waals surface area contributed by atoms with Crippen molar-refractivity contribution in [3.63, 3.8) is 0 Å². The van der Waals surface area contributed by atoms with Gasteiger partial charge in [0.25, 0.3) is 5.69 Å². The number of aromatic nitrogens is 2. The summed E-state index contributed by atoms with van der Waals surface area (Å²) in [5.41, 5.74) is 0.231. The number of carbonyl (C=O) groups excluding carboxylic acids is 1. The van der Waals surface area contributed by atoms with E-state index in [0.29, 0.717) is 10.9 Å². The van der Waals surface area contributed by atoms with Crippen molar-refractivity contribution in [1.29, 1.82) is 0 Å². The molecule has 0 atom stereocenters. The first-order valence-corrected chi connectivity index (χ1v) is 8.52. The largest absolute Gasteiger partial charge is 0.320 e. The van der Waals surface area contributed by atoms with Gasteiger partial charge in [-0.05, 0) is 25.1 Å². The van der Waals surface area contributed by atoms with Gasteiger partial charge >= 0.3 is 0 Å². The van der Waals surface area contributed by atoms with Crippen LogP contribution in [0.15, 0.2) is 47.5 Å². The number of halogens is 1. The van der Waals surface area contributed by atoms with E-state index in [0.717, 1.165) is 23.0 Å². The zero-order chi connectivity index (χ0) is 18.7. The fourth-order valence-electron chi connectivity index (χ4n) is 2.35. The first-order valence-electron chi connectivity index (χ1n) is 7.54. The van der Waals surface area contributed by atoms with Crippen LogP contribution in [0.25, 0.3) is 10.9 Å². The van der Waals surface area contributed by atoms with Gasteiger partial charge in [-0.1, -0.05) is 30.0 Å². The second-order valence-electron chi connectivity index (χ2n) is 5.35. The van der Waals surface area contributed by atoms with Crippen molar-refractivity contribution in [2.75, 3.05) is 11.1 Å². The first kappa shape index (κ1) is 17.7. The molecule has 0 fully saturated rings. The topological polar surface area (TPSA) is 98.0 Å². The summed E-state index contributed by atoms with van der Waals surface area (Å²) < 4.78 is 13.2. The van der Waals surface area contributed by atoms with E-state index in [1.165, 1.54) is 17.8 Å². The molecule has 7 nitrogen and oxygen atoms in total. The monoisotopic (exact) mass is 372 g/mol. The molecule has 0 aliphatic carbocycles. The quantitative estimate of drug-likeness (QED) is 0.317. The number of benzene rings is 2. The number of nitro benzene ring substituents is 1. The normalized spacial score (nSPS) is 10.7. The van der Waals surface area contributed by atoms with Crippen molar-refractivity contribution in [3.8, 4) is 0 Å². The molecule has 0 saturated heterocycles. The third-order valence-corrected chi connectivity index (χ3v) is 4.44. The number of hydrogen-bond acceptors (Lipinski definition) is 6. The lowest BCUT2D eigenvalue weighted by Gasteiger charge is -2.08. The first-order chi connectivity index (χ1) is 12.4. The molecule has 1 amide bonds. The molecule has 26 heavy (non-hydrogen) atoms. The highest BCUT2D eigenvalue weighted by Gasteiger charge is 2.17. The van der Waals surface area contributed by atoms with Crippen LogP contribution in [-0.4, -0.2) is 26.6 Å². The van der Waals surface area contributed by atoms with Gasteiger partial charge in [-0.2, -0.15) is 0 Å². The summed E-state index contributed by atoms with van der Waals surface area (Å²) in [6.45, 7) is 1.76. The SMILES string of the molecule is Cc1nc(SCC(=O)Nc2ccc(F)cc2[N+](=O)[O-])c2ccccc2n1. The standard InChI is InChI=1S/C17H13FN4O3S/c1-10-19-13-5-3-2-4-12(13)17(20-10)26-9-16(23)21-14-7-6-11(18)8-15(14)22(24)25/h2-8H,9H2,1H3,(H,21,23). The van der Waals surface area contributed by atoms with Gasteiger partial charge < -0.3 is 5.32 Å². The number of nitro groups is 1. The summed E-state index contributed by atoms with van der Waals surface area (Å²) in [6.07, 6.45) is 0. The van der Waals surface area contributed by atoms with Crippen LogP contribution in [0.4, 0.5) is 15.8 Å². The number of hydrogen-bond donors (Lipinski definition) is 1. The Morgan fingerprint density at radius 1 is 1.27 bits per heavy atom. The number of rotatable bonds is 5. The van der Waals surface area contributed by atoms with Gasteiger partial charge in [0.05, 0.1) is 22.3 Å². The Balaban J connectivity index is 1.76. The van der Waals surface area contributed by atoms with Crippen molar-refractivity contribution < 1.29 is 14.1 Å². The van der Waals surface area contributed by atoms with Crippen LogP contribution in [0, 0.1) is 22.9 Å². The molecule has 1 aromatic heterocycles. The van der Waals surface area contributed by atoms with Gasteiger partial charge in [0.15, 0.2) is 0 Å². The number of nitrogens with zero attached hydrogens (tertiary/aromatic N) is 3. The lowest BCUT2D eigenvalue weighted by atomic mass is 10.2. The van der Waals surface area contributed by atoms with Crippen LogP contribution < -0.4 is 5.32 Å². The molecule has 2 aromatic carbocycles. The zero-order valence-corrected chi connectivity index (χ0v) is 14.4. The number of amides is 1. The van der Waals surface area contributed by atoms with Crippen LogP contribution in [0.1, 0.15) is 5.82 Å². The molecular weight excluding hydrogens is 359 g/mol. The minimum Gasteiger partial charge on any atom is -0.320 e. The number of nitrogens with one attached hydrogen (secondary N) is 1. The molecule has 0 unspecified atom stereocenters. The highest BCUT2D eigenvalue weighted by molar-refractivity contribution is 8.00. The fraction of sp³-hybridized carbons (Fsp3) is 0.118. The second-order valence-corrected chi connectivity index (χ2v) is 6.31. The van der Waals surface area contributed by atoms with Crippen molar-refractivity contribution in [2.45, 2.75) is 11.9 Å². The van der Waals surface area contributed by atoms with Crippen molar-refractivity contribution in [3.05, 3.63) is 64.2 Å². The summed E-state index contributed by atoms with van der Waals surface area (Å²) >= 11 is 1.20. The molecule has 0 bridgehead atoms. The number of fused-ring (bicyclic) bond motifs is 1. The van der Waals surface area contributed by atoms with Crippen LogP contribution in [0.3, 0.4) is 0 Å². The van der Waals surface area contributed by atoms with Crippen molar-refractivity contribution in [1.82, 2.24) is 9.97 Å². The summed E-state index contributed by atoms with van der Waals surface area (Å²) in [7, 11) is 0. The van der Waals surface area contributed by atoms with Gasteiger partial charge in [0.2, 0.25) is 5.91 Å². The molecule has 0 spiro atoms. The summed E-state index contributed by atoms with van der Waals surface area (Å²) in [5.74, 6) is -0.618. The van der Waals surface area contributed by atoms with Crippen LogP contribution in [-0.2, 0) is 4.79 Å². The van der Waals surface area contributed by atoms with E-state index in [-0.39, 0.29) is 11.4 Å². The van der Waals surface area contributed by atoms with E-state index >= 15 is 0 Å². The summed E-state index contributed by atoms with van der Waals surface area (Å²) in [5, 5.41) is 14.9. The number of thioether (sulfide) groups is 1. The van der Waals surface area contributed by atoms with Crippen LogP contribution in [0.2, 0.25) is 0 Å². The van der Waals surface area contributed by atoms with E-state index in [9.17, 15) is 19.3 Å². The minimum atomic E-state index is -0.744. The van der Waals surface area contributed by atoms with Gasteiger partial charge in [-0.3, -0.25) is 14.9 Å². The third kappa shape index (κ3) is 3.94. The Hall–Kier alpha value is -3.07. The van der Waals surface area contributed by atoms with E-state index in [4.69, 9.17) is 0 Å². The van der Waals surface area contributed by atoms with Gasteiger partial charge in [0.1, 0.15) is 22.4 Å². The molecule has 3 rings (SSSR count). The highest BCUT2D eigenvalue weighted by atomic mass is 32.2. The van der Waals surface area contributed by atoms with Crippen LogP contribution >= 0.6 is 11.8 Å². The molecular formula is C17H13FN4O3S. The molecule has 0 aliphatic heterocycles. The third-order valence-electron chi connectivity index (χ3n) is 3.45. The predicted molar refractivity (Wildman–Crippen MR) is 96.7 cm³/mol. The molecule has 3 aromatic rings. The zero-order valence-electron chi connectivity index (χ0n) is 13.6. The van der Waals surface area contributed by atoms with Gasteiger partial charge in [0, 0.05) is 5.39 Å². The number of aryl methyl sites for hydroxylation is 1. The van der Waals surface area contributed by atoms with E-state index in [1.807, 2.05) is 24.3 Å². The number of carbonyl (C=O) groups is 1. The van der Waals surface area contributed by atoms with Gasteiger partial charge in [-0.15, -0.1) is 0 Å². The number of anilines is 1. The Bertz CT molecular complexity index is 1010. The number of para-hydroxylation sites is 1. The molecule has 0 saturated carbocycles. The second kappa shape index (κ2) is 7.44. The summed E-state index contributed by atoms with van der Waals surface area (Å²) in [6, 6.07) is 10.4. The maximum atomic E-state index is 13.2. The minimum absolute atomic E-state index is 0.00498. The lowest BCUT2D eigenvalue weighted by molar-refractivity contribution is -0.384. The Kier molecular flexibility index (Phi) is 5.08. The molecule has 0 radical (unpaired) electrons. The average molecular weight is 372 g/mol.